The van der Waals surface area contributed by atoms with Crippen LogP contribution in [-0.2, 0) is 11.3 Å². The van der Waals surface area contributed by atoms with E-state index in [4.69, 9.17) is 9.15 Å². The highest BCUT2D eigenvalue weighted by molar-refractivity contribution is 14.0. The number of rotatable bonds is 7. The standard InChI is InChI=1S/C19H29N5O2S.HI/c1-4-20-19(23-13-18-21-11-15(3)27-18)22-12-16(17-6-5-14(2)26-17)24-7-9-25-10-8-24;/h5-6,11,16H,4,7-10,12-13H2,1-3H3,(H2,20,22,23);1H. The van der Waals surface area contributed by atoms with Crippen LogP contribution in [-0.4, -0.2) is 55.2 Å². The maximum absolute atomic E-state index is 5.93. The Hall–Kier alpha value is -1.17. The van der Waals surface area contributed by atoms with Crippen molar-refractivity contribution in [1.82, 2.24) is 20.5 Å². The van der Waals surface area contributed by atoms with Crippen LogP contribution in [0.15, 0.2) is 27.7 Å². The molecular weight excluding hydrogens is 489 g/mol. The summed E-state index contributed by atoms with van der Waals surface area (Å²) in [7, 11) is 0. The van der Waals surface area contributed by atoms with Crippen LogP contribution < -0.4 is 10.6 Å². The minimum absolute atomic E-state index is 0. The van der Waals surface area contributed by atoms with Gasteiger partial charge < -0.3 is 19.8 Å². The topological polar surface area (TPSA) is 74.9 Å². The zero-order chi connectivity index (χ0) is 19.1. The molecule has 3 rings (SSSR count). The van der Waals surface area contributed by atoms with Crippen LogP contribution in [0.25, 0.3) is 0 Å². The van der Waals surface area contributed by atoms with Crippen LogP contribution in [0, 0.1) is 13.8 Å². The van der Waals surface area contributed by atoms with Crippen molar-refractivity contribution in [2.75, 3.05) is 39.4 Å². The molecule has 1 unspecified atom stereocenters. The van der Waals surface area contributed by atoms with E-state index in [1.807, 2.05) is 19.2 Å². The van der Waals surface area contributed by atoms with Crippen molar-refractivity contribution in [2.45, 2.75) is 33.4 Å². The lowest BCUT2D eigenvalue weighted by Gasteiger charge is -2.33. The Labute approximate surface area is 188 Å². The van der Waals surface area contributed by atoms with E-state index in [0.29, 0.717) is 6.54 Å². The zero-order valence-corrected chi connectivity index (χ0v) is 19.9. The molecule has 2 aromatic rings. The van der Waals surface area contributed by atoms with Gasteiger partial charge in [0.05, 0.1) is 25.8 Å². The van der Waals surface area contributed by atoms with Crippen LogP contribution >= 0.6 is 35.3 Å². The third-order valence-electron chi connectivity index (χ3n) is 4.42. The van der Waals surface area contributed by atoms with Crippen LogP contribution in [0.5, 0.6) is 0 Å². The predicted molar refractivity (Wildman–Crippen MR) is 124 cm³/mol. The van der Waals surface area contributed by atoms with Gasteiger partial charge in [-0.1, -0.05) is 0 Å². The first-order chi connectivity index (χ1) is 13.2. The minimum Gasteiger partial charge on any atom is -0.465 e. The second-order valence-corrected chi connectivity index (χ2v) is 7.87. The van der Waals surface area contributed by atoms with E-state index in [0.717, 1.165) is 61.9 Å². The summed E-state index contributed by atoms with van der Waals surface area (Å²) in [5.74, 6) is 2.71. The Bertz CT molecular complexity index is 742. The minimum atomic E-state index is 0. The van der Waals surface area contributed by atoms with Crippen molar-refractivity contribution in [1.29, 1.82) is 0 Å². The van der Waals surface area contributed by atoms with Crippen molar-refractivity contribution < 1.29 is 9.15 Å². The molecule has 1 aliphatic rings. The van der Waals surface area contributed by atoms with Crippen molar-refractivity contribution in [3.05, 3.63) is 39.7 Å². The van der Waals surface area contributed by atoms with Gasteiger partial charge in [-0.2, -0.15) is 0 Å². The number of hydrogen-bond acceptors (Lipinski definition) is 6. The van der Waals surface area contributed by atoms with Crippen LogP contribution in [0.2, 0.25) is 0 Å². The highest BCUT2D eigenvalue weighted by Gasteiger charge is 2.25. The average molecular weight is 519 g/mol. The normalized spacial score (nSPS) is 16.5. The van der Waals surface area contributed by atoms with Gasteiger partial charge in [-0.05, 0) is 32.9 Å². The number of furan rings is 1. The number of hydrogen-bond donors (Lipinski definition) is 2. The third-order valence-corrected chi connectivity index (χ3v) is 5.32. The molecule has 0 amide bonds. The highest BCUT2D eigenvalue weighted by atomic mass is 127. The summed E-state index contributed by atoms with van der Waals surface area (Å²) < 4.78 is 11.4. The van der Waals surface area contributed by atoms with Crippen LogP contribution in [0.1, 0.15) is 34.4 Å². The molecular formula is C19H30IN5O2S. The third kappa shape index (κ3) is 6.71. The lowest BCUT2D eigenvalue weighted by molar-refractivity contribution is 0.0124. The van der Waals surface area contributed by atoms with Gasteiger partial charge >= 0.3 is 0 Å². The van der Waals surface area contributed by atoms with Gasteiger partial charge in [0.1, 0.15) is 16.5 Å². The molecule has 28 heavy (non-hydrogen) atoms. The SMILES string of the molecule is CCNC(=NCc1ncc(C)s1)NCC(c1ccc(C)o1)N1CCOCC1.I. The maximum atomic E-state index is 5.93. The Morgan fingerprint density at radius 3 is 2.68 bits per heavy atom. The van der Waals surface area contributed by atoms with Crippen LogP contribution in [0.4, 0.5) is 0 Å². The molecule has 0 aromatic carbocycles. The number of ether oxygens (including phenoxy) is 1. The Morgan fingerprint density at radius 1 is 1.29 bits per heavy atom. The first-order valence-electron chi connectivity index (χ1n) is 9.47. The molecule has 0 saturated carbocycles. The number of halogens is 1. The molecule has 0 bridgehead atoms. The molecule has 2 N–H and O–H groups in total. The smallest absolute Gasteiger partial charge is 0.191 e. The van der Waals surface area contributed by atoms with Gasteiger partial charge in [0, 0.05) is 37.3 Å². The number of nitrogens with zero attached hydrogens (tertiary/aromatic N) is 3. The second kappa shape index (κ2) is 11.7. The van der Waals surface area contributed by atoms with E-state index in [9.17, 15) is 0 Å². The lowest BCUT2D eigenvalue weighted by atomic mass is 10.1. The molecule has 2 aromatic heterocycles. The molecule has 0 aliphatic carbocycles. The van der Waals surface area contributed by atoms with Crippen molar-refractivity contribution >= 4 is 41.3 Å². The van der Waals surface area contributed by atoms with Gasteiger partial charge in [0.15, 0.2) is 5.96 Å². The fourth-order valence-electron chi connectivity index (χ4n) is 3.09. The molecule has 1 saturated heterocycles. The number of morpholine rings is 1. The summed E-state index contributed by atoms with van der Waals surface area (Å²) in [6.45, 7) is 11.5. The predicted octanol–water partition coefficient (Wildman–Crippen LogP) is 3.10. The molecule has 3 heterocycles. The molecule has 0 radical (unpaired) electrons. The molecule has 1 atom stereocenters. The van der Waals surface area contributed by atoms with E-state index in [1.54, 1.807) is 11.3 Å². The Morgan fingerprint density at radius 2 is 2.07 bits per heavy atom. The number of aliphatic imine (C=N–C) groups is 1. The fourth-order valence-corrected chi connectivity index (χ4v) is 3.80. The summed E-state index contributed by atoms with van der Waals surface area (Å²) in [5.41, 5.74) is 0. The Kier molecular flexibility index (Phi) is 9.69. The van der Waals surface area contributed by atoms with E-state index in [-0.39, 0.29) is 30.0 Å². The van der Waals surface area contributed by atoms with Crippen LogP contribution in [0.3, 0.4) is 0 Å². The average Bonchev–Trinajstić information content (AvgIpc) is 3.29. The fraction of sp³-hybridized carbons (Fsp3) is 0.579. The monoisotopic (exact) mass is 519 g/mol. The second-order valence-electron chi connectivity index (χ2n) is 6.55. The number of aryl methyl sites for hydroxylation is 2. The molecule has 0 spiro atoms. The molecule has 1 fully saturated rings. The first kappa shape index (κ1) is 23.1. The van der Waals surface area contributed by atoms with Crippen molar-refractivity contribution in [3.63, 3.8) is 0 Å². The first-order valence-corrected chi connectivity index (χ1v) is 10.3. The maximum Gasteiger partial charge on any atom is 0.191 e. The summed E-state index contributed by atoms with van der Waals surface area (Å²) >= 11 is 1.68. The summed E-state index contributed by atoms with van der Waals surface area (Å²) in [4.78, 5) is 12.7. The number of aromatic nitrogens is 1. The Balaban J connectivity index is 0.00000280. The van der Waals surface area contributed by atoms with Gasteiger partial charge in [-0.3, -0.25) is 4.90 Å². The quantitative estimate of drug-likeness (QED) is 0.333. The summed E-state index contributed by atoms with van der Waals surface area (Å²) in [5, 5.41) is 7.82. The zero-order valence-electron chi connectivity index (χ0n) is 16.7. The van der Waals surface area contributed by atoms with Gasteiger partial charge in [-0.25, -0.2) is 9.98 Å². The van der Waals surface area contributed by atoms with Gasteiger partial charge in [-0.15, -0.1) is 35.3 Å². The van der Waals surface area contributed by atoms with Crippen molar-refractivity contribution in [2.24, 2.45) is 4.99 Å². The van der Waals surface area contributed by atoms with Crippen molar-refractivity contribution in [3.8, 4) is 0 Å². The molecule has 1 aliphatic heterocycles. The molecule has 9 heteroatoms. The largest absolute Gasteiger partial charge is 0.465 e. The van der Waals surface area contributed by atoms with Gasteiger partial charge in [0.2, 0.25) is 0 Å². The number of thiazole rings is 1. The molecule has 7 nitrogen and oxygen atoms in total. The number of nitrogens with one attached hydrogen (secondary N) is 2. The lowest BCUT2D eigenvalue weighted by Crippen LogP contribution is -2.46. The molecule has 156 valence electrons. The summed E-state index contributed by atoms with van der Waals surface area (Å²) in [6, 6.07) is 4.24. The van der Waals surface area contributed by atoms with E-state index >= 15 is 0 Å². The summed E-state index contributed by atoms with van der Waals surface area (Å²) in [6.07, 6.45) is 1.89. The van der Waals surface area contributed by atoms with E-state index in [2.05, 4.69) is 45.4 Å². The van der Waals surface area contributed by atoms with Gasteiger partial charge in [0.25, 0.3) is 0 Å². The highest BCUT2D eigenvalue weighted by Crippen LogP contribution is 2.23. The number of guanidine groups is 1. The van der Waals surface area contributed by atoms with E-state index in [1.165, 1.54) is 4.88 Å². The van der Waals surface area contributed by atoms with E-state index < -0.39 is 0 Å².